The minimum atomic E-state index is 0.330. The first kappa shape index (κ1) is 12.4. The fourth-order valence-corrected chi connectivity index (χ4v) is 2.81. The van der Waals surface area contributed by atoms with Crippen molar-refractivity contribution < 1.29 is 0 Å². The van der Waals surface area contributed by atoms with Gasteiger partial charge in [0.25, 0.3) is 0 Å². The van der Waals surface area contributed by atoms with E-state index in [9.17, 15) is 0 Å². The molecule has 2 aromatic rings. The average molecular weight is 313 g/mol. The van der Waals surface area contributed by atoms with Crippen molar-refractivity contribution in [2.45, 2.75) is 19.8 Å². The van der Waals surface area contributed by atoms with Gasteiger partial charge in [0.15, 0.2) is 5.82 Å². The van der Waals surface area contributed by atoms with E-state index in [1.54, 1.807) is 16.8 Å². The number of rotatable bonds is 3. The van der Waals surface area contributed by atoms with E-state index in [1.165, 1.54) is 0 Å². The summed E-state index contributed by atoms with van der Waals surface area (Å²) in [4.78, 5) is 13.3. The van der Waals surface area contributed by atoms with E-state index in [4.69, 9.17) is 0 Å². The molecule has 0 fully saturated rings. The summed E-state index contributed by atoms with van der Waals surface area (Å²) < 4.78 is 0.925. The molecule has 0 amide bonds. The third-order valence-electron chi connectivity index (χ3n) is 2.32. The van der Waals surface area contributed by atoms with Crippen molar-refractivity contribution in [2.24, 2.45) is 0 Å². The third-order valence-corrected chi connectivity index (χ3v) is 3.69. The molecule has 0 unspecified atom stereocenters. The van der Waals surface area contributed by atoms with Crippen LogP contribution in [-0.2, 0) is 0 Å². The molecule has 0 aromatic carbocycles. The van der Waals surface area contributed by atoms with Crippen LogP contribution in [0.15, 0.2) is 15.4 Å². The Morgan fingerprint density at radius 3 is 2.65 bits per heavy atom. The van der Waals surface area contributed by atoms with Gasteiger partial charge in [0.05, 0.1) is 15.7 Å². The van der Waals surface area contributed by atoms with Gasteiger partial charge in [-0.1, -0.05) is 13.8 Å². The van der Waals surface area contributed by atoms with Gasteiger partial charge in [-0.2, -0.15) is 0 Å². The number of hydrogen-bond donors (Lipinski definition) is 1. The second kappa shape index (κ2) is 5.10. The van der Waals surface area contributed by atoms with E-state index in [0.717, 1.165) is 21.7 Å². The highest BCUT2D eigenvalue weighted by molar-refractivity contribution is 9.10. The molecular weight excluding hydrogens is 300 g/mol. The molecule has 0 aliphatic heterocycles. The molecule has 2 heterocycles. The molecule has 2 rings (SSSR count). The van der Waals surface area contributed by atoms with Gasteiger partial charge in [-0.15, -0.1) is 11.3 Å². The molecule has 2 aromatic heterocycles. The zero-order valence-electron chi connectivity index (χ0n) is 9.86. The Labute approximate surface area is 113 Å². The molecule has 1 N–H and O–H groups in total. The summed E-state index contributed by atoms with van der Waals surface area (Å²) in [6, 6.07) is 0. The number of halogens is 1. The fourth-order valence-electron chi connectivity index (χ4n) is 1.45. The number of nitrogens with zero attached hydrogens (tertiary/aromatic N) is 3. The predicted molar refractivity (Wildman–Crippen MR) is 74.5 cm³/mol. The Hall–Kier alpha value is -1.01. The minimum Gasteiger partial charge on any atom is -0.372 e. The summed E-state index contributed by atoms with van der Waals surface area (Å²) in [5, 5.41) is 5.02. The molecule has 0 saturated carbocycles. The Morgan fingerprint density at radius 2 is 2.12 bits per heavy atom. The molecular formula is C11H13BrN4S. The van der Waals surface area contributed by atoms with Crippen LogP contribution in [0, 0.1) is 0 Å². The van der Waals surface area contributed by atoms with Crippen LogP contribution in [0.1, 0.15) is 25.5 Å². The minimum absolute atomic E-state index is 0.330. The SMILES string of the molecule is CNc1nc(-c2cscn2)nc(C(C)C)c1Br. The molecule has 0 spiro atoms. The molecule has 90 valence electrons. The number of hydrogen-bond acceptors (Lipinski definition) is 5. The van der Waals surface area contributed by atoms with E-state index >= 15 is 0 Å². The van der Waals surface area contributed by atoms with E-state index < -0.39 is 0 Å². The van der Waals surface area contributed by atoms with E-state index in [0.29, 0.717) is 11.7 Å². The average Bonchev–Trinajstić information content (AvgIpc) is 2.82. The summed E-state index contributed by atoms with van der Waals surface area (Å²) in [5.74, 6) is 1.80. The summed E-state index contributed by atoms with van der Waals surface area (Å²) >= 11 is 5.08. The van der Waals surface area contributed by atoms with Gasteiger partial charge in [-0.05, 0) is 21.8 Å². The largest absolute Gasteiger partial charge is 0.372 e. The van der Waals surface area contributed by atoms with E-state index in [-0.39, 0.29) is 0 Å². The lowest BCUT2D eigenvalue weighted by Gasteiger charge is -2.12. The molecule has 0 aliphatic carbocycles. The molecule has 0 atom stereocenters. The quantitative estimate of drug-likeness (QED) is 0.942. The first-order valence-electron chi connectivity index (χ1n) is 5.27. The highest BCUT2D eigenvalue weighted by atomic mass is 79.9. The molecule has 17 heavy (non-hydrogen) atoms. The van der Waals surface area contributed by atoms with Crippen molar-refractivity contribution in [1.82, 2.24) is 15.0 Å². The highest BCUT2D eigenvalue weighted by Gasteiger charge is 2.15. The predicted octanol–water partition coefficient (Wildman–Crippen LogP) is 3.53. The van der Waals surface area contributed by atoms with Gasteiger partial charge in [0, 0.05) is 12.4 Å². The number of nitrogens with one attached hydrogen (secondary N) is 1. The first-order chi connectivity index (χ1) is 8.13. The van der Waals surface area contributed by atoms with Crippen LogP contribution in [0.3, 0.4) is 0 Å². The van der Waals surface area contributed by atoms with E-state index in [1.807, 2.05) is 12.4 Å². The van der Waals surface area contributed by atoms with Crippen LogP contribution in [0.25, 0.3) is 11.5 Å². The third kappa shape index (κ3) is 2.47. The molecule has 0 saturated heterocycles. The maximum absolute atomic E-state index is 4.57. The van der Waals surface area contributed by atoms with Crippen LogP contribution >= 0.6 is 27.3 Å². The van der Waals surface area contributed by atoms with Gasteiger partial charge in [-0.25, -0.2) is 15.0 Å². The lowest BCUT2D eigenvalue weighted by molar-refractivity contribution is 0.809. The number of anilines is 1. The van der Waals surface area contributed by atoms with Crippen molar-refractivity contribution in [3.05, 3.63) is 21.1 Å². The van der Waals surface area contributed by atoms with Gasteiger partial charge >= 0.3 is 0 Å². The smallest absolute Gasteiger partial charge is 0.181 e. The van der Waals surface area contributed by atoms with Gasteiger partial charge in [-0.3, -0.25) is 0 Å². The summed E-state index contributed by atoms with van der Waals surface area (Å²) in [5.41, 5.74) is 3.60. The van der Waals surface area contributed by atoms with Crippen LogP contribution in [0.5, 0.6) is 0 Å². The van der Waals surface area contributed by atoms with Crippen LogP contribution in [0.2, 0.25) is 0 Å². The molecule has 0 bridgehead atoms. The van der Waals surface area contributed by atoms with Gasteiger partial charge in [0.2, 0.25) is 0 Å². The monoisotopic (exact) mass is 312 g/mol. The zero-order valence-corrected chi connectivity index (χ0v) is 12.3. The number of aromatic nitrogens is 3. The summed E-state index contributed by atoms with van der Waals surface area (Å²) in [6.07, 6.45) is 0. The Morgan fingerprint density at radius 1 is 1.35 bits per heavy atom. The molecule has 0 aliphatic rings. The zero-order chi connectivity index (χ0) is 12.4. The fraction of sp³-hybridized carbons (Fsp3) is 0.364. The van der Waals surface area contributed by atoms with Crippen molar-refractivity contribution in [3.8, 4) is 11.5 Å². The van der Waals surface area contributed by atoms with Crippen LogP contribution in [-0.4, -0.2) is 22.0 Å². The Bertz CT molecular complexity index is 510. The van der Waals surface area contributed by atoms with Crippen LogP contribution < -0.4 is 5.32 Å². The lowest BCUT2D eigenvalue weighted by Crippen LogP contribution is -2.04. The first-order valence-corrected chi connectivity index (χ1v) is 7.00. The highest BCUT2D eigenvalue weighted by Crippen LogP contribution is 2.30. The maximum Gasteiger partial charge on any atom is 0.181 e. The molecule has 6 heteroatoms. The maximum atomic E-state index is 4.57. The van der Waals surface area contributed by atoms with E-state index in [2.05, 4.69) is 50.0 Å². The Balaban J connectivity index is 2.59. The van der Waals surface area contributed by atoms with Gasteiger partial charge < -0.3 is 5.32 Å². The Kier molecular flexibility index (Phi) is 3.73. The van der Waals surface area contributed by atoms with Crippen molar-refractivity contribution in [2.75, 3.05) is 12.4 Å². The molecule has 0 radical (unpaired) electrons. The topological polar surface area (TPSA) is 50.7 Å². The molecule has 4 nitrogen and oxygen atoms in total. The second-order valence-electron chi connectivity index (χ2n) is 3.87. The second-order valence-corrected chi connectivity index (χ2v) is 5.39. The van der Waals surface area contributed by atoms with Crippen LogP contribution in [0.4, 0.5) is 5.82 Å². The van der Waals surface area contributed by atoms with Crippen molar-refractivity contribution in [3.63, 3.8) is 0 Å². The van der Waals surface area contributed by atoms with Gasteiger partial charge in [0.1, 0.15) is 11.5 Å². The summed E-state index contributed by atoms with van der Waals surface area (Å²) in [7, 11) is 1.85. The number of thiazole rings is 1. The van der Waals surface area contributed by atoms with Crippen molar-refractivity contribution >= 4 is 33.1 Å². The summed E-state index contributed by atoms with van der Waals surface area (Å²) in [6.45, 7) is 4.22. The standard InChI is InChI=1S/C11H13BrN4S/c1-6(2)9-8(12)11(13-3)16-10(15-9)7-4-17-5-14-7/h4-6H,1-3H3,(H,13,15,16). The van der Waals surface area contributed by atoms with Crippen molar-refractivity contribution in [1.29, 1.82) is 0 Å². The lowest BCUT2D eigenvalue weighted by atomic mass is 10.1. The normalized spacial score (nSPS) is 10.9.